The van der Waals surface area contributed by atoms with Crippen LogP contribution in [0.3, 0.4) is 0 Å². The van der Waals surface area contributed by atoms with Gasteiger partial charge in [-0.3, -0.25) is 0 Å². The number of nitrogens with two attached hydrogens (primary N) is 1. The van der Waals surface area contributed by atoms with Gasteiger partial charge in [-0.2, -0.15) is 0 Å². The molecule has 100 valence electrons. The minimum absolute atomic E-state index is 0.382. The molecule has 0 spiro atoms. The lowest BCUT2D eigenvalue weighted by molar-refractivity contribution is 0.345. The van der Waals surface area contributed by atoms with E-state index in [-0.39, 0.29) is 0 Å². The first-order valence-corrected chi connectivity index (χ1v) is 6.69. The highest BCUT2D eigenvalue weighted by molar-refractivity contribution is 5.61. The molecule has 1 heterocycles. The van der Waals surface area contributed by atoms with E-state index in [1.807, 2.05) is 0 Å². The van der Waals surface area contributed by atoms with Crippen LogP contribution in [0.4, 0.5) is 11.6 Å². The van der Waals surface area contributed by atoms with Gasteiger partial charge in [-0.1, -0.05) is 32.1 Å². The fraction of sp³-hybridized carbons (Fsp3) is 0.692. The summed E-state index contributed by atoms with van der Waals surface area (Å²) in [5.41, 5.74) is 5.73. The number of ether oxygens (including phenoxy) is 1. The second-order valence-electron chi connectivity index (χ2n) is 4.86. The van der Waals surface area contributed by atoms with E-state index in [1.165, 1.54) is 44.9 Å². The third-order valence-electron chi connectivity index (χ3n) is 3.61. The van der Waals surface area contributed by atoms with Crippen LogP contribution in [0.1, 0.15) is 38.5 Å². The fourth-order valence-corrected chi connectivity index (χ4v) is 2.59. The van der Waals surface area contributed by atoms with Crippen LogP contribution in [0.25, 0.3) is 0 Å². The Kier molecular flexibility index (Phi) is 4.61. The largest absolute Gasteiger partial charge is 0.490 e. The molecular formula is C13H22N4O. The highest BCUT2D eigenvalue weighted by Crippen LogP contribution is 2.28. The summed E-state index contributed by atoms with van der Waals surface area (Å²) in [4.78, 5) is 8.08. The average Bonchev–Trinajstić information content (AvgIpc) is 2.40. The summed E-state index contributed by atoms with van der Waals surface area (Å²) in [7, 11) is 1.58. The van der Waals surface area contributed by atoms with Crippen molar-refractivity contribution in [3.05, 3.63) is 6.33 Å². The fourth-order valence-electron chi connectivity index (χ4n) is 2.59. The number of hydrogen-bond acceptors (Lipinski definition) is 5. The van der Waals surface area contributed by atoms with E-state index in [0.29, 0.717) is 17.4 Å². The minimum atomic E-state index is 0.382. The first kappa shape index (κ1) is 12.9. The van der Waals surface area contributed by atoms with Crippen molar-refractivity contribution in [3.63, 3.8) is 0 Å². The maximum Gasteiger partial charge on any atom is 0.203 e. The van der Waals surface area contributed by atoms with Gasteiger partial charge in [0.25, 0.3) is 0 Å². The predicted octanol–water partition coefficient (Wildman–Crippen LogP) is 2.45. The van der Waals surface area contributed by atoms with Crippen molar-refractivity contribution in [1.29, 1.82) is 0 Å². The zero-order chi connectivity index (χ0) is 12.8. The Hall–Kier alpha value is -1.52. The van der Waals surface area contributed by atoms with E-state index < -0.39 is 0 Å². The molecule has 5 nitrogen and oxygen atoms in total. The van der Waals surface area contributed by atoms with Crippen LogP contribution in [0.2, 0.25) is 0 Å². The van der Waals surface area contributed by atoms with Crippen LogP contribution < -0.4 is 15.8 Å². The van der Waals surface area contributed by atoms with Gasteiger partial charge in [0.15, 0.2) is 11.6 Å². The van der Waals surface area contributed by atoms with E-state index in [4.69, 9.17) is 10.5 Å². The highest BCUT2D eigenvalue weighted by atomic mass is 16.5. The number of anilines is 2. The molecular weight excluding hydrogens is 228 g/mol. The molecule has 1 fully saturated rings. The Labute approximate surface area is 108 Å². The van der Waals surface area contributed by atoms with E-state index in [9.17, 15) is 0 Å². The molecule has 18 heavy (non-hydrogen) atoms. The number of nitrogens with zero attached hydrogens (tertiary/aromatic N) is 2. The lowest BCUT2D eigenvalue weighted by Crippen LogP contribution is -2.13. The monoisotopic (exact) mass is 250 g/mol. The van der Waals surface area contributed by atoms with Gasteiger partial charge in [-0.25, -0.2) is 9.97 Å². The Morgan fingerprint density at radius 2 is 2.11 bits per heavy atom. The zero-order valence-corrected chi connectivity index (χ0v) is 11.0. The second-order valence-corrected chi connectivity index (χ2v) is 4.86. The van der Waals surface area contributed by atoms with Gasteiger partial charge in [0.05, 0.1) is 7.11 Å². The minimum Gasteiger partial charge on any atom is -0.490 e. The first-order chi connectivity index (χ1) is 8.81. The van der Waals surface area contributed by atoms with E-state index in [1.54, 1.807) is 7.11 Å². The molecule has 1 aliphatic rings. The molecule has 0 atom stereocenters. The topological polar surface area (TPSA) is 73.1 Å². The number of hydrogen-bond donors (Lipinski definition) is 2. The standard InChI is InChI=1S/C13H22N4O/c1-18-11-12(14)16-9-17-13(11)15-8-7-10-5-3-2-4-6-10/h9-10H,2-8H2,1H3,(H3,14,15,16,17). The third kappa shape index (κ3) is 3.24. The molecule has 3 N–H and O–H groups in total. The number of nitrogens with one attached hydrogen (secondary N) is 1. The third-order valence-corrected chi connectivity index (χ3v) is 3.61. The van der Waals surface area contributed by atoms with Crippen LogP contribution in [-0.2, 0) is 0 Å². The van der Waals surface area contributed by atoms with E-state index in [2.05, 4.69) is 15.3 Å². The summed E-state index contributed by atoms with van der Waals surface area (Å²) in [5, 5.41) is 3.30. The van der Waals surface area contributed by atoms with Crippen LogP contribution in [0.5, 0.6) is 5.75 Å². The average molecular weight is 250 g/mol. The normalized spacial score (nSPS) is 16.5. The Morgan fingerprint density at radius 3 is 2.83 bits per heavy atom. The van der Waals surface area contributed by atoms with Crippen molar-refractivity contribution in [2.24, 2.45) is 5.92 Å². The van der Waals surface area contributed by atoms with Crippen LogP contribution in [0, 0.1) is 5.92 Å². The van der Waals surface area contributed by atoms with E-state index >= 15 is 0 Å². The number of rotatable bonds is 5. The molecule has 1 aromatic rings. The van der Waals surface area contributed by atoms with Gasteiger partial charge in [0.1, 0.15) is 6.33 Å². The number of aromatic nitrogens is 2. The quantitative estimate of drug-likeness (QED) is 0.839. The van der Waals surface area contributed by atoms with Gasteiger partial charge in [0, 0.05) is 6.54 Å². The smallest absolute Gasteiger partial charge is 0.203 e. The zero-order valence-electron chi connectivity index (χ0n) is 11.0. The second kappa shape index (κ2) is 6.42. The molecule has 0 unspecified atom stereocenters. The molecule has 1 aromatic heterocycles. The lowest BCUT2D eigenvalue weighted by atomic mass is 9.87. The molecule has 5 heteroatoms. The molecule has 0 aliphatic heterocycles. The van der Waals surface area contributed by atoms with Crippen molar-refractivity contribution in [1.82, 2.24) is 9.97 Å². The maximum atomic E-state index is 5.73. The van der Waals surface area contributed by atoms with E-state index in [0.717, 1.165) is 12.5 Å². The number of methoxy groups -OCH3 is 1. The molecule has 0 saturated heterocycles. The summed E-state index contributed by atoms with van der Waals surface area (Å²) in [5.74, 6) is 2.48. The SMILES string of the molecule is COc1c(N)ncnc1NCCC1CCCCC1. The molecule has 1 aliphatic carbocycles. The van der Waals surface area contributed by atoms with Crippen LogP contribution >= 0.6 is 0 Å². The van der Waals surface area contributed by atoms with Crippen molar-refractivity contribution in [2.45, 2.75) is 38.5 Å². The lowest BCUT2D eigenvalue weighted by Gasteiger charge is -2.21. The first-order valence-electron chi connectivity index (χ1n) is 6.69. The summed E-state index contributed by atoms with van der Waals surface area (Å²) in [6, 6.07) is 0. The molecule has 0 radical (unpaired) electrons. The molecule has 1 saturated carbocycles. The Morgan fingerprint density at radius 1 is 1.33 bits per heavy atom. The molecule has 0 amide bonds. The molecule has 0 aromatic carbocycles. The van der Waals surface area contributed by atoms with Gasteiger partial charge in [-0.15, -0.1) is 0 Å². The Balaban J connectivity index is 1.84. The maximum absolute atomic E-state index is 5.73. The molecule has 0 bridgehead atoms. The van der Waals surface area contributed by atoms with Crippen LogP contribution in [-0.4, -0.2) is 23.6 Å². The Bertz CT molecular complexity index is 377. The number of nitrogen functional groups attached to an aromatic ring is 1. The van der Waals surface area contributed by atoms with Crippen molar-refractivity contribution in [2.75, 3.05) is 24.7 Å². The predicted molar refractivity (Wildman–Crippen MR) is 72.7 cm³/mol. The van der Waals surface area contributed by atoms with Crippen LogP contribution in [0.15, 0.2) is 6.33 Å². The highest BCUT2D eigenvalue weighted by Gasteiger charge is 2.14. The van der Waals surface area contributed by atoms with Crippen molar-refractivity contribution >= 4 is 11.6 Å². The van der Waals surface area contributed by atoms with Gasteiger partial charge in [-0.05, 0) is 12.3 Å². The summed E-state index contributed by atoms with van der Waals surface area (Å²) >= 11 is 0. The molecule has 2 rings (SSSR count). The summed E-state index contributed by atoms with van der Waals surface area (Å²) in [6.07, 6.45) is 9.55. The van der Waals surface area contributed by atoms with Crippen molar-refractivity contribution in [3.8, 4) is 5.75 Å². The van der Waals surface area contributed by atoms with Crippen molar-refractivity contribution < 1.29 is 4.74 Å². The summed E-state index contributed by atoms with van der Waals surface area (Å²) < 4.78 is 5.21. The van der Waals surface area contributed by atoms with Gasteiger partial charge >= 0.3 is 0 Å². The van der Waals surface area contributed by atoms with Gasteiger partial charge in [0.2, 0.25) is 5.75 Å². The van der Waals surface area contributed by atoms with Gasteiger partial charge < -0.3 is 15.8 Å². The summed E-state index contributed by atoms with van der Waals surface area (Å²) in [6.45, 7) is 0.914.